The number of hydrogen-bond donors (Lipinski definition) is 0. The lowest BCUT2D eigenvalue weighted by Gasteiger charge is -2.22. The third-order valence-electron chi connectivity index (χ3n) is 4.01. The normalized spacial score (nSPS) is 11.9. The van der Waals surface area contributed by atoms with Crippen LogP contribution in [0.4, 0.5) is 4.39 Å². The first-order chi connectivity index (χ1) is 12.6. The van der Waals surface area contributed by atoms with E-state index in [9.17, 15) is 14.0 Å². The Morgan fingerprint density at radius 2 is 1.85 bits per heavy atom. The Balaban J connectivity index is 1.79. The standard InChI is InChI=1S/C19H18FNO5/c1-24-18(22)8-9-21(11-13-2-5-15(20)6-3-13)19(23)14-4-7-16-17(10-14)26-12-25-16/h2-7,10H,8-9,11-12H2,1H3. The van der Waals surface area contributed by atoms with Crippen LogP contribution >= 0.6 is 0 Å². The first-order valence-electron chi connectivity index (χ1n) is 8.07. The number of ether oxygens (including phenoxy) is 3. The number of carbonyl (C=O) groups is 2. The molecule has 0 atom stereocenters. The van der Waals surface area contributed by atoms with Crippen LogP contribution in [0.2, 0.25) is 0 Å². The monoisotopic (exact) mass is 359 g/mol. The van der Waals surface area contributed by atoms with E-state index < -0.39 is 5.97 Å². The molecule has 0 spiro atoms. The minimum absolute atomic E-state index is 0.0635. The van der Waals surface area contributed by atoms with Crippen LogP contribution in [-0.2, 0) is 16.1 Å². The zero-order valence-electron chi connectivity index (χ0n) is 14.2. The third kappa shape index (κ3) is 4.11. The lowest BCUT2D eigenvalue weighted by Crippen LogP contribution is -2.32. The molecular formula is C19H18FNO5. The van der Waals surface area contributed by atoms with E-state index in [0.717, 1.165) is 5.56 Å². The quantitative estimate of drug-likeness (QED) is 0.742. The van der Waals surface area contributed by atoms with Gasteiger partial charge >= 0.3 is 5.97 Å². The summed E-state index contributed by atoms with van der Waals surface area (Å²) in [6.45, 7) is 0.538. The smallest absolute Gasteiger partial charge is 0.307 e. The molecule has 26 heavy (non-hydrogen) atoms. The fraction of sp³-hybridized carbons (Fsp3) is 0.263. The molecule has 1 amide bonds. The van der Waals surface area contributed by atoms with Crippen molar-refractivity contribution in [2.24, 2.45) is 0 Å². The molecule has 6 nitrogen and oxygen atoms in total. The molecule has 0 aromatic heterocycles. The Kier molecular flexibility index (Phi) is 5.36. The maximum Gasteiger partial charge on any atom is 0.307 e. The Hall–Kier alpha value is -3.09. The van der Waals surface area contributed by atoms with Gasteiger partial charge in [0.2, 0.25) is 6.79 Å². The summed E-state index contributed by atoms with van der Waals surface area (Å²) in [6.07, 6.45) is 0.0635. The molecular weight excluding hydrogens is 341 g/mol. The number of methoxy groups -OCH3 is 1. The van der Waals surface area contributed by atoms with Gasteiger partial charge in [-0.25, -0.2) is 4.39 Å². The second-order valence-corrected chi connectivity index (χ2v) is 5.75. The number of fused-ring (bicyclic) bond motifs is 1. The van der Waals surface area contributed by atoms with Crippen LogP contribution in [0.5, 0.6) is 11.5 Å². The van der Waals surface area contributed by atoms with Crippen LogP contribution < -0.4 is 9.47 Å². The molecule has 0 fully saturated rings. The first kappa shape index (κ1) is 17.7. The Labute approximate surface area is 150 Å². The van der Waals surface area contributed by atoms with Gasteiger partial charge in [-0.05, 0) is 35.9 Å². The van der Waals surface area contributed by atoms with Gasteiger partial charge in [-0.15, -0.1) is 0 Å². The Bertz CT molecular complexity index is 806. The van der Waals surface area contributed by atoms with Gasteiger partial charge in [0, 0.05) is 18.7 Å². The molecule has 7 heteroatoms. The van der Waals surface area contributed by atoms with Crippen molar-refractivity contribution in [2.45, 2.75) is 13.0 Å². The van der Waals surface area contributed by atoms with Gasteiger partial charge in [-0.1, -0.05) is 12.1 Å². The summed E-state index contributed by atoms with van der Waals surface area (Å²) >= 11 is 0. The lowest BCUT2D eigenvalue weighted by molar-refractivity contribution is -0.140. The van der Waals surface area contributed by atoms with Crippen LogP contribution in [0, 0.1) is 5.82 Å². The summed E-state index contributed by atoms with van der Waals surface area (Å²) in [5, 5.41) is 0. The predicted octanol–water partition coefficient (Wildman–Crippen LogP) is 2.76. The van der Waals surface area contributed by atoms with E-state index in [4.69, 9.17) is 9.47 Å². The number of halogens is 1. The van der Waals surface area contributed by atoms with Crippen molar-refractivity contribution in [3.63, 3.8) is 0 Å². The van der Waals surface area contributed by atoms with Crippen molar-refractivity contribution >= 4 is 11.9 Å². The van der Waals surface area contributed by atoms with Crippen LogP contribution in [0.25, 0.3) is 0 Å². The Morgan fingerprint density at radius 1 is 1.12 bits per heavy atom. The van der Waals surface area contributed by atoms with Crippen LogP contribution in [-0.4, -0.2) is 37.2 Å². The van der Waals surface area contributed by atoms with E-state index in [1.807, 2.05) is 0 Å². The maximum atomic E-state index is 13.1. The van der Waals surface area contributed by atoms with Crippen molar-refractivity contribution in [3.8, 4) is 11.5 Å². The van der Waals surface area contributed by atoms with E-state index >= 15 is 0 Å². The molecule has 0 bridgehead atoms. The van der Waals surface area contributed by atoms with E-state index in [0.29, 0.717) is 17.1 Å². The van der Waals surface area contributed by atoms with Crippen LogP contribution in [0.3, 0.4) is 0 Å². The molecule has 0 unspecified atom stereocenters. The molecule has 0 N–H and O–H groups in total. The summed E-state index contributed by atoms with van der Waals surface area (Å²) in [6, 6.07) is 10.8. The average Bonchev–Trinajstić information content (AvgIpc) is 3.13. The van der Waals surface area contributed by atoms with Crippen LogP contribution in [0.1, 0.15) is 22.3 Å². The number of carbonyl (C=O) groups excluding carboxylic acids is 2. The fourth-order valence-electron chi connectivity index (χ4n) is 2.60. The SMILES string of the molecule is COC(=O)CCN(Cc1ccc(F)cc1)C(=O)c1ccc2c(c1)OCO2. The molecule has 0 saturated heterocycles. The summed E-state index contributed by atoms with van der Waals surface area (Å²) in [7, 11) is 1.30. The van der Waals surface area contributed by atoms with E-state index in [1.165, 1.54) is 24.1 Å². The minimum Gasteiger partial charge on any atom is -0.469 e. The molecule has 0 radical (unpaired) electrons. The second-order valence-electron chi connectivity index (χ2n) is 5.75. The Morgan fingerprint density at radius 3 is 2.58 bits per heavy atom. The number of benzene rings is 2. The zero-order chi connectivity index (χ0) is 18.5. The van der Waals surface area contributed by atoms with E-state index in [1.54, 1.807) is 30.3 Å². The molecule has 0 saturated carbocycles. The highest BCUT2D eigenvalue weighted by Gasteiger charge is 2.21. The largest absolute Gasteiger partial charge is 0.469 e. The lowest BCUT2D eigenvalue weighted by atomic mass is 10.1. The van der Waals surface area contributed by atoms with Gasteiger partial charge in [0.25, 0.3) is 5.91 Å². The highest BCUT2D eigenvalue weighted by atomic mass is 19.1. The van der Waals surface area contributed by atoms with Gasteiger partial charge in [-0.2, -0.15) is 0 Å². The number of esters is 1. The number of hydrogen-bond acceptors (Lipinski definition) is 5. The molecule has 1 heterocycles. The molecule has 2 aromatic rings. The van der Waals surface area contributed by atoms with Gasteiger partial charge in [0.15, 0.2) is 11.5 Å². The molecule has 3 rings (SSSR count). The minimum atomic E-state index is -0.410. The zero-order valence-corrected chi connectivity index (χ0v) is 14.2. The molecule has 136 valence electrons. The summed E-state index contributed by atoms with van der Waals surface area (Å²) in [4.78, 5) is 25.9. The van der Waals surface area contributed by atoms with Crippen molar-refractivity contribution in [1.29, 1.82) is 0 Å². The van der Waals surface area contributed by atoms with Gasteiger partial charge in [0.1, 0.15) is 5.82 Å². The van der Waals surface area contributed by atoms with Gasteiger partial charge in [0.05, 0.1) is 13.5 Å². The predicted molar refractivity (Wildman–Crippen MR) is 90.3 cm³/mol. The fourth-order valence-corrected chi connectivity index (χ4v) is 2.60. The summed E-state index contributed by atoms with van der Waals surface area (Å²) in [5.41, 5.74) is 1.17. The molecule has 1 aliphatic heterocycles. The number of nitrogens with zero attached hydrogens (tertiary/aromatic N) is 1. The third-order valence-corrected chi connectivity index (χ3v) is 4.01. The highest BCUT2D eigenvalue weighted by Crippen LogP contribution is 2.33. The summed E-state index contributed by atoms with van der Waals surface area (Å²) in [5.74, 6) is 0.0628. The molecule has 2 aromatic carbocycles. The van der Waals surface area contributed by atoms with E-state index in [2.05, 4.69) is 4.74 Å². The van der Waals surface area contributed by atoms with Crippen LogP contribution in [0.15, 0.2) is 42.5 Å². The van der Waals surface area contributed by atoms with Crippen molar-refractivity contribution < 1.29 is 28.2 Å². The summed E-state index contributed by atoms with van der Waals surface area (Å²) < 4.78 is 28.3. The topological polar surface area (TPSA) is 65.1 Å². The average molecular weight is 359 g/mol. The van der Waals surface area contributed by atoms with Crippen molar-refractivity contribution in [1.82, 2.24) is 4.90 Å². The number of amides is 1. The maximum absolute atomic E-state index is 13.1. The van der Waals surface area contributed by atoms with Gasteiger partial charge in [-0.3, -0.25) is 9.59 Å². The highest BCUT2D eigenvalue weighted by molar-refractivity contribution is 5.95. The molecule has 1 aliphatic rings. The van der Waals surface area contributed by atoms with Crippen molar-refractivity contribution in [2.75, 3.05) is 20.4 Å². The van der Waals surface area contributed by atoms with Crippen molar-refractivity contribution in [3.05, 3.63) is 59.4 Å². The first-order valence-corrected chi connectivity index (χ1v) is 8.07. The molecule has 0 aliphatic carbocycles. The number of rotatable bonds is 6. The second kappa shape index (κ2) is 7.86. The van der Waals surface area contributed by atoms with Gasteiger partial charge < -0.3 is 19.1 Å². The van der Waals surface area contributed by atoms with E-state index in [-0.39, 0.29) is 38.0 Å².